The minimum Gasteiger partial charge on any atom is -0.465 e. The lowest BCUT2D eigenvalue weighted by atomic mass is 10.2. The zero-order valence-electron chi connectivity index (χ0n) is 12.4. The molecule has 2 rings (SSSR count). The summed E-state index contributed by atoms with van der Waals surface area (Å²) < 4.78 is 37.9. The zero-order chi connectivity index (χ0) is 15.5. The van der Waals surface area contributed by atoms with E-state index in [0.717, 1.165) is 13.1 Å². The van der Waals surface area contributed by atoms with Gasteiger partial charge in [0.15, 0.2) is 0 Å². The predicted molar refractivity (Wildman–Crippen MR) is 76.6 cm³/mol. The molecule has 8 heteroatoms. The van der Waals surface area contributed by atoms with Gasteiger partial charge in [-0.15, -0.1) is 0 Å². The van der Waals surface area contributed by atoms with E-state index < -0.39 is 10.0 Å². The Morgan fingerprint density at radius 3 is 2.52 bits per heavy atom. The molecule has 2 heterocycles. The molecule has 120 valence electrons. The second-order valence-corrected chi connectivity index (χ2v) is 6.74. The maximum absolute atomic E-state index is 12.4. The first-order valence-corrected chi connectivity index (χ1v) is 8.43. The summed E-state index contributed by atoms with van der Waals surface area (Å²) in [6.45, 7) is 6.81. The molecule has 1 fully saturated rings. The number of aliphatic hydroxyl groups is 1. The van der Waals surface area contributed by atoms with Crippen molar-refractivity contribution in [1.82, 2.24) is 9.62 Å². The van der Waals surface area contributed by atoms with Gasteiger partial charge in [0, 0.05) is 31.7 Å². The second kappa shape index (κ2) is 6.89. The summed E-state index contributed by atoms with van der Waals surface area (Å²) in [6.07, 6.45) is 0. The number of nitrogens with zero attached hydrogens (tertiary/aromatic N) is 1. The molecule has 0 amide bonds. The van der Waals surface area contributed by atoms with E-state index in [9.17, 15) is 13.5 Å². The Balaban J connectivity index is 2.01. The largest absolute Gasteiger partial charge is 0.465 e. The Morgan fingerprint density at radius 1 is 1.24 bits per heavy atom. The highest BCUT2D eigenvalue weighted by Crippen LogP contribution is 2.26. The Morgan fingerprint density at radius 2 is 1.90 bits per heavy atom. The summed E-state index contributed by atoms with van der Waals surface area (Å²) in [5, 5.41) is 9.33. The third-order valence-electron chi connectivity index (χ3n) is 3.58. The predicted octanol–water partition coefficient (Wildman–Crippen LogP) is -0.000760. The highest BCUT2D eigenvalue weighted by Gasteiger charge is 2.26. The van der Waals surface area contributed by atoms with E-state index in [4.69, 9.17) is 9.15 Å². The van der Waals surface area contributed by atoms with Crippen LogP contribution in [0.1, 0.15) is 17.1 Å². The van der Waals surface area contributed by atoms with E-state index in [1.54, 1.807) is 13.8 Å². The molecule has 0 unspecified atom stereocenters. The molecule has 1 aliphatic heterocycles. The van der Waals surface area contributed by atoms with Crippen molar-refractivity contribution in [1.29, 1.82) is 0 Å². The fraction of sp³-hybridized carbons (Fsp3) is 0.692. The van der Waals surface area contributed by atoms with Gasteiger partial charge in [0.2, 0.25) is 10.0 Å². The average molecular weight is 318 g/mol. The first-order chi connectivity index (χ1) is 9.95. The Labute approximate surface area is 124 Å². The van der Waals surface area contributed by atoms with Crippen LogP contribution in [0.2, 0.25) is 0 Å². The third-order valence-corrected chi connectivity index (χ3v) is 5.23. The van der Waals surface area contributed by atoms with E-state index in [-0.39, 0.29) is 11.5 Å². The number of hydrogen-bond donors (Lipinski definition) is 2. The molecule has 21 heavy (non-hydrogen) atoms. The molecule has 1 aromatic rings. The molecule has 1 aliphatic rings. The maximum atomic E-state index is 12.4. The van der Waals surface area contributed by atoms with E-state index in [1.165, 1.54) is 0 Å². The molecule has 0 bridgehead atoms. The van der Waals surface area contributed by atoms with Gasteiger partial charge in [-0.25, -0.2) is 13.1 Å². The first kappa shape index (κ1) is 16.4. The van der Waals surface area contributed by atoms with E-state index in [1.807, 2.05) is 0 Å². The standard InChI is InChI=1S/C13H22N2O5S/c1-10-12(9-16)13(11(2)20-10)21(17,18)14-3-4-15-5-7-19-8-6-15/h14,16H,3-9H2,1-2H3. The molecule has 1 saturated heterocycles. The van der Waals surface area contributed by atoms with Gasteiger partial charge in [0.1, 0.15) is 16.4 Å². The molecule has 0 aliphatic carbocycles. The number of ether oxygens (including phenoxy) is 1. The smallest absolute Gasteiger partial charge is 0.244 e. The SMILES string of the molecule is Cc1oc(C)c(S(=O)(=O)NCCN2CCOCC2)c1CO. The fourth-order valence-corrected chi connectivity index (χ4v) is 3.94. The molecule has 0 radical (unpaired) electrons. The van der Waals surface area contributed by atoms with Gasteiger partial charge >= 0.3 is 0 Å². The van der Waals surface area contributed by atoms with E-state index >= 15 is 0 Å². The van der Waals surface area contributed by atoms with Gasteiger partial charge in [-0.1, -0.05) is 0 Å². The molecular formula is C13H22N2O5S. The van der Waals surface area contributed by atoms with Crippen LogP contribution in [0.15, 0.2) is 9.31 Å². The van der Waals surface area contributed by atoms with E-state index in [2.05, 4.69) is 9.62 Å². The molecule has 0 saturated carbocycles. The molecule has 0 aromatic carbocycles. The summed E-state index contributed by atoms with van der Waals surface area (Å²) in [5.74, 6) is 0.735. The topological polar surface area (TPSA) is 92.0 Å². The average Bonchev–Trinajstić information content (AvgIpc) is 2.74. The van der Waals surface area contributed by atoms with Crippen LogP contribution in [0.5, 0.6) is 0 Å². The number of nitrogens with one attached hydrogen (secondary N) is 1. The highest BCUT2D eigenvalue weighted by atomic mass is 32.2. The minimum absolute atomic E-state index is 0.0597. The molecule has 0 spiro atoms. The van der Waals surface area contributed by atoms with Crippen LogP contribution in [-0.4, -0.2) is 57.8 Å². The van der Waals surface area contributed by atoms with Crippen molar-refractivity contribution in [2.75, 3.05) is 39.4 Å². The first-order valence-electron chi connectivity index (χ1n) is 6.95. The lowest BCUT2D eigenvalue weighted by molar-refractivity contribution is 0.0390. The zero-order valence-corrected chi connectivity index (χ0v) is 13.2. The van der Waals surface area contributed by atoms with Crippen molar-refractivity contribution >= 4 is 10.0 Å². The van der Waals surface area contributed by atoms with Crippen LogP contribution in [0.3, 0.4) is 0 Å². The van der Waals surface area contributed by atoms with Crippen molar-refractivity contribution in [3.63, 3.8) is 0 Å². The van der Waals surface area contributed by atoms with Crippen molar-refractivity contribution < 1.29 is 22.7 Å². The number of furan rings is 1. The fourth-order valence-electron chi connectivity index (χ4n) is 2.48. The Bertz CT molecular complexity index is 576. The lowest BCUT2D eigenvalue weighted by Gasteiger charge is -2.26. The maximum Gasteiger partial charge on any atom is 0.244 e. The molecule has 2 N–H and O–H groups in total. The third kappa shape index (κ3) is 3.83. The number of aliphatic hydroxyl groups excluding tert-OH is 1. The van der Waals surface area contributed by atoms with Crippen molar-refractivity contribution in [3.05, 3.63) is 17.1 Å². The minimum atomic E-state index is -3.68. The molecular weight excluding hydrogens is 296 g/mol. The van der Waals surface area contributed by atoms with Gasteiger partial charge in [-0.2, -0.15) is 0 Å². The van der Waals surface area contributed by atoms with Crippen LogP contribution in [0.25, 0.3) is 0 Å². The van der Waals surface area contributed by atoms with Crippen LogP contribution in [0, 0.1) is 13.8 Å². The quantitative estimate of drug-likeness (QED) is 0.767. The van der Waals surface area contributed by atoms with Gasteiger partial charge in [0.25, 0.3) is 0 Å². The number of morpholine rings is 1. The molecule has 0 atom stereocenters. The number of hydrogen-bond acceptors (Lipinski definition) is 6. The van der Waals surface area contributed by atoms with Crippen molar-refractivity contribution in [3.8, 4) is 0 Å². The number of sulfonamides is 1. The van der Waals surface area contributed by atoms with Crippen LogP contribution >= 0.6 is 0 Å². The van der Waals surface area contributed by atoms with Crippen molar-refractivity contribution in [2.24, 2.45) is 0 Å². The lowest BCUT2D eigenvalue weighted by Crippen LogP contribution is -2.41. The number of aryl methyl sites for hydroxylation is 2. The molecule has 7 nitrogen and oxygen atoms in total. The van der Waals surface area contributed by atoms with Gasteiger partial charge < -0.3 is 14.3 Å². The summed E-state index contributed by atoms with van der Waals surface area (Å²) >= 11 is 0. The van der Waals surface area contributed by atoms with Gasteiger partial charge in [-0.05, 0) is 13.8 Å². The van der Waals surface area contributed by atoms with E-state index in [0.29, 0.717) is 43.4 Å². The summed E-state index contributed by atoms with van der Waals surface area (Å²) in [7, 11) is -3.68. The summed E-state index contributed by atoms with van der Waals surface area (Å²) in [4.78, 5) is 2.20. The van der Waals surface area contributed by atoms with Crippen LogP contribution < -0.4 is 4.72 Å². The summed E-state index contributed by atoms with van der Waals surface area (Å²) in [5.41, 5.74) is 0.325. The number of rotatable bonds is 6. The van der Waals surface area contributed by atoms with Gasteiger partial charge in [-0.3, -0.25) is 4.90 Å². The normalized spacial score (nSPS) is 17.3. The second-order valence-electron chi connectivity index (χ2n) is 5.03. The Hall–Kier alpha value is -0.930. The van der Waals surface area contributed by atoms with Crippen LogP contribution in [-0.2, 0) is 21.4 Å². The Kier molecular flexibility index (Phi) is 5.39. The molecule has 1 aromatic heterocycles. The summed E-state index contributed by atoms with van der Waals surface area (Å²) in [6, 6.07) is 0. The van der Waals surface area contributed by atoms with Crippen molar-refractivity contribution in [2.45, 2.75) is 25.3 Å². The monoisotopic (exact) mass is 318 g/mol. The van der Waals surface area contributed by atoms with Gasteiger partial charge in [0.05, 0.1) is 19.8 Å². The highest BCUT2D eigenvalue weighted by molar-refractivity contribution is 7.89. The van der Waals surface area contributed by atoms with Crippen LogP contribution in [0.4, 0.5) is 0 Å².